The van der Waals surface area contributed by atoms with Gasteiger partial charge in [0.1, 0.15) is 24.9 Å². The average molecular weight is 728 g/mol. The lowest BCUT2D eigenvalue weighted by atomic mass is 9.96. The first-order valence-corrected chi connectivity index (χ1v) is 17.9. The third-order valence-corrected chi connectivity index (χ3v) is 9.66. The van der Waals surface area contributed by atoms with Crippen molar-refractivity contribution >= 4 is 6.16 Å². The molecule has 276 valence electrons. The second-order valence-electron chi connectivity index (χ2n) is 13.2. The molecule has 0 spiro atoms. The number of rotatable bonds is 15. The largest absolute Gasteiger partial charge is 0.508 e. The zero-order valence-electron chi connectivity index (χ0n) is 29.6. The number of aliphatic hydroxyl groups excluding tert-OH is 1. The Morgan fingerprint density at radius 1 is 0.667 bits per heavy atom. The van der Waals surface area contributed by atoms with E-state index in [-0.39, 0.29) is 45.6 Å². The quantitative estimate of drug-likeness (QED) is 0.0492. The smallest absolute Gasteiger partial charge is 0.433 e. The number of aliphatic hydroxyl groups is 1. The molecule has 5 atom stereocenters. The van der Waals surface area contributed by atoms with Gasteiger partial charge in [-0.2, -0.15) is 0 Å². The summed E-state index contributed by atoms with van der Waals surface area (Å²) in [5, 5.41) is 13.6. The van der Waals surface area contributed by atoms with Crippen LogP contribution in [-0.2, 0) is 54.8 Å². The summed E-state index contributed by atoms with van der Waals surface area (Å²) in [5.41, 5.74) is 17.5. The second-order valence-corrected chi connectivity index (χ2v) is 13.2. The van der Waals surface area contributed by atoms with Crippen LogP contribution < -0.4 is 0 Å². The van der Waals surface area contributed by atoms with E-state index < -0.39 is 36.8 Å². The minimum absolute atomic E-state index is 0.00451. The number of azide groups is 1. The fourth-order valence-corrected chi connectivity index (χ4v) is 6.97. The number of fused-ring (bicyclic) bond motifs is 3. The van der Waals surface area contributed by atoms with Crippen LogP contribution in [0, 0.1) is 0 Å². The van der Waals surface area contributed by atoms with Crippen LogP contribution in [0.15, 0.2) is 139 Å². The van der Waals surface area contributed by atoms with Gasteiger partial charge in [0.2, 0.25) is 0 Å². The van der Waals surface area contributed by atoms with Crippen molar-refractivity contribution < 1.29 is 38.3 Å². The van der Waals surface area contributed by atoms with Gasteiger partial charge in [0, 0.05) is 10.8 Å². The molecule has 11 nitrogen and oxygen atoms in total. The van der Waals surface area contributed by atoms with Crippen LogP contribution in [0.5, 0.6) is 0 Å². The van der Waals surface area contributed by atoms with Gasteiger partial charge in [-0.25, -0.2) is 4.79 Å². The summed E-state index contributed by atoms with van der Waals surface area (Å²) in [7, 11) is 0. The normalized spacial score (nSPS) is 20.4. The van der Waals surface area contributed by atoms with Crippen molar-refractivity contribution in [1.29, 1.82) is 0 Å². The van der Waals surface area contributed by atoms with E-state index in [0.29, 0.717) is 0 Å². The predicted molar refractivity (Wildman–Crippen MR) is 200 cm³/mol. The van der Waals surface area contributed by atoms with Crippen molar-refractivity contribution in [2.75, 3.05) is 13.2 Å². The number of hydrogen-bond donors (Lipinski definition) is 1. The lowest BCUT2D eigenvalue weighted by molar-refractivity contribution is -0.281. The summed E-state index contributed by atoms with van der Waals surface area (Å²) in [5.74, 6) is -0.178. The molecule has 11 heteroatoms. The van der Waals surface area contributed by atoms with Crippen LogP contribution in [-0.4, -0.2) is 55.1 Å². The van der Waals surface area contributed by atoms with E-state index in [0.717, 1.165) is 44.5 Å². The zero-order chi connectivity index (χ0) is 37.1. The van der Waals surface area contributed by atoms with Crippen molar-refractivity contribution in [1.82, 2.24) is 0 Å². The topological polar surface area (TPSA) is 141 Å². The molecule has 7 rings (SSSR count). The molecule has 5 aromatic rings. The molecule has 0 saturated carbocycles. The SMILES string of the molecule is [N-]=[N+]=N[C@H]1[C@H](OCc2ccc(CO)cc2)O[C@H](COCc2ccccc2)[C@@H](OC(=O)OCC2c3ccccc3-c3ccccc32)[C@@H]1OCc1ccccc1. The van der Waals surface area contributed by atoms with Gasteiger partial charge in [0.25, 0.3) is 0 Å². The number of carbonyl (C=O) groups excluding carboxylic acids is 1. The van der Waals surface area contributed by atoms with Crippen molar-refractivity contribution in [3.05, 3.63) is 177 Å². The highest BCUT2D eigenvalue weighted by atomic mass is 16.8. The Kier molecular flexibility index (Phi) is 12.3. The van der Waals surface area contributed by atoms with Gasteiger partial charge in [-0.05, 0) is 50.0 Å². The second kappa shape index (κ2) is 18.0. The molecular weight excluding hydrogens is 686 g/mol. The van der Waals surface area contributed by atoms with Crippen LogP contribution in [0.4, 0.5) is 4.79 Å². The standard InChI is InChI=1S/C43H41N3O8/c44-46-45-39-41(50-25-31-13-5-2-6-14-31)40(54-43(48)52-27-37-35-17-9-7-15-33(35)34-16-8-10-18-36(34)37)38(28-49-24-30-11-3-1-4-12-30)53-42(39)51-26-32-21-19-29(23-47)20-22-32/h1-22,37-42,47H,23-28H2/t38-,39-,40-,41-,42-/m1/s1. The molecular formula is C43H41N3O8. The Morgan fingerprint density at radius 3 is 1.85 bits per heavy atom. The summed E-state index contributed by atoms with van der Waals surface area (Å²) < 4.78 is 37.3. The van der Waals surface area contributed by atoms with E-state index in [4.69, 9.17) is 28.4 Å². The Hall–Kier alpha value is -5.52. The number of carbonyl (C=O) groups is 1. The lowest BCUT2D eigenvalue weighted by Crippen LogP contribution is -2.60. The van der Waals surface area contributed by atoms with Gasteiger partial charge in [-0.3, -0.25) is 0 Å². The van der Waals surface area contributed by atoms with Gasteiger partial charge >= 0.3 is 6.16 Å². The van der Waals surface area contributed by atoms with Gasteiger partial charge in [-0.15, -0.1) is 0 Å². The summed E-state index contributed by atoms with van der Waals surface area (Å²) in [6.07, 6.45) is -5.04. The van der Waals surface area contributed by atoms with Crippen molar-refractivity contribution in [2.45, 2.75) is 63.0 Å². The Balaban J connectivity index is 1.14. The summed E-state index contributed by atoms with van der Waals surface area (Å²) >= 11 is 0. The number of ether oxygens (including phenoxy) is 6. The molecule has 1 aliphatic heterocycles. The average Bonchev–Trinajstić information content (AvgIpc) is 3.54. The maximum atomic E-state index is 13.7. The molecule has 1 N–H and O–H groups in total. The van der Waals surface area contributed by atoms with Crippen LogP contribution in [0.1, 0.15) is 39.3 Å². The van der Waals surface area contributed by atoms with Crippen LogP contribution in [0.3, 0.4) is 0 Å². The third kappa shape index (κ3) is 8.81. The molecule has 0 radical (unpaired) electrons. The zero-order valence-corrected chi connectivity index (χ0v) is 29.6. The maximum absolute atomic E-state index is 13.7. The minimum Gasteiger partial charge on any atom is -0.433 e. The highest BCUT2D eigenvalue weighted by Gasteiger charge is 2.50. The molecule has 0 amide bonds. The molecule has 1 fully saturated rings. The van der Waals surface area contributed by atoms with Crippen LogP contribution in [0.25, 0.3) is 21.6 Å². The van der Waals surface area contributed by atoms with Crippen LogP contribution in [0.2, 0.25) is 0 Å². The van der Waals surface area contributed by atoms with E-state index in [1.165, 1.54) is 0 Å². The Bertz CT molecular complexity index is 1980. The van der Waals surface area contributed by atoms with Crippen molar-refractivity contribution in [3.8, 4) is 11.1 Å². The van der Waals surface area contributed by atoms with Gasteiger partial charge in [0.05, 0.1) is 33.0 Å². The Labute approximate surface area is 313 Å². The number of hydrogen-bond acceptors (Lipinski definition) is 9. The lowest BCUT2D eigenvalue weighted by Gasteiger charge is -2.44. The molecule has 2 aliphatic rings. The van der Waals surface area contributed by atoms with E-state index in [9.17, 15) is 15.4 Å². The van der Waals surface area contributed by atoms with Gasteiger partial charge < -0.3 is 33.5 Å². The number of benzene rings is 5. The minimum atomic E-state index is -1.11. The predicted octanol–water partition coefficient (Wildman–Crippen LogP) is 8.24. The molecule has 1 heterocycles. The first-order chi connectivity index (χ1) is 26.6. The highest BCUT2D eigenvalue weighted by molar-refractivity contribution is 5.79. The molecule has 0 bridgehead atoms. The number of nitrogens with zero attached hydrogens (tertiary/aromatic N) is 3. The Morgan fingerprint density at radius 2 is 1.22 bits per heavy atom. The highest BCUT2D eigenvalue weighted by Crippen LogP contribution is 2.44. The van der Waals surface area contributed by atoms with E-state index >= 15 is 0 Å². The third-order valence-electron chi connectivity index (χ3n) is 9.66. The molecule has 5 aromatic carbocycles. The van der Waals surface area contributed by atoms with Crippen LogP contribution >= 0.6 is 0 Å². The first kappa shape index (κ1) is 36.8. The fraction of sp³-hybridized carbons (Fsp3) is 0.279. The molecule has 1 saturated heterocycles. The first-order valence-electron chi connectivity index (χ1n) is 17.9. The molecule has 0 unspecified atom stereocenters. The van der Waals surface area contributed by atoms with E-state index in [1.807, 2.05) is 109 Å². The monoisotopic (exact) mass is 727 g/mol. The van der Waals surface area contributed by atoms with Gasteiger partial charge in [-0.1, -0.05) is 139 Å². The summed E-state index contributed by atoms with van der Waals surface area (Å²) in [4.78, 5) is 16.8. The maximum Gasteiger partial charge on any atom is 0.508 e. The van der Waals surface area contributed by atoms with Crippen molar-refractivity contribution in [3.63, 3.8) is 0 Å². The molecule has 0 aromatic heterocycles. The summed E-state index contributed by atoms with van der Waals surface area (Å²) in [6, 6.07) is 41.6. The summed E-state index contributed by atoms with van der Waals surface area (Å²) in [6.45, 7) is 0.467. The van der Waals surface area contributed by atoms with Crippen molar-refractivity contribution in [2.24, 2.45) is 5.11 Å². The molecule has 54 heavy (non-hydrogen) atoms. The fourth-order valence-electron chi connectivity index (χ4n) is 6.97. The van der Waals surface area contributed by atoms with E-state index in [1.54, 1.807) is 12.1 Å². The van der Waals surface area contributed by atoms with E-state index in [2.05, 4.69) is 22.2 Å². The van der Waals surface area contributed by atoms with Gasteiger partial charge in [0.15, 0.2) is 12.4 Å². The molecule has 1 aliphatic carbocycles.